The van der Waals surface area contributed by atoms with Gasteiger partial charge in [0, 0.05) is 38.3 Å². The fourth-order valence-electron chi connectivity index (χ4n) is 4.95. The summed E-state index contributed by atoms with van der Waals surface area (Å²) in [5.74, 6) is 2.84. The molecule has 5 rings (SSSR count). The van der Waals surface area contributed by atoms with E-state index in [2.05, 4.69) is 16.3 Å². The van der Waals surface area contributed by atoms with Crippen LogP contribution in [0.2, 0.25) is 5.02 Å². The Morgan fingerprint density at radius 3 is 2.39 bits per heavy atom. The Hall–Kier alpha value is -3.20. The molecule has 202 valence electrons. The number of methoxy groups -OCH3 is 2. The van der Waals surface area contributed by atoms with Gasteiger partial charge in [-0.2, -0.15) is 0 Å². The second kappa shape index (κ2) is 12.1. The van der Waals surface area contributed by atoms with Crippen molar-refractivity contribution >= 4 is 17.5 Å². The fourth-order valence-corrected chi connectivity index (χ4v) is 5.20. The molecule has 2 aliphatic rings. The van der Waals surface area contributed by atoms with Gasteiger partial charge in [-0.25, -0.2) is 0 Å². The third-order valence-corrected chi connectivity index (χ3v) is 7.42. The van der Waals surface area contributed by atoms with Crippen LogP contribution >= 0.6 is 11.6 Å². The van der Waals surface area contributed by atoms with E-state index in [0.29, 0.717) is 41.1 Å². The zero-order valence-electron chi connectivity index (χ0n) is 21.9. The van der Waals surface area contributed by atoms with Crippen molar-refractivity contribution in [1.82, 2.24) is 15.1 Å². The fraction of sp³-hybridized carbons (Fsp3) is 0.414. The minimum absolute atomic E-state index is 0.0983. The van der Waals surface area contributed by atoms with Crippen LogP contribution in [-0.2, 0) is 6.54 Å². The van der Waals surface area contributed by atoms with Crippen LogP contribution in [-0.4, -0.2) is 75.3 Å². The summed E-state index contributed by atoms with van der Waals surface area (Å²) in [6.07, 6.45) is 2.21. The van der Waals surface area contributed by atoms with Gasteiger partial charge in [0.05, 0.1) is 19.2 Å². The van der Waals surface area contributed by atoms with Crippen molar-refractivity contribution in [2.75, 3.05) is 53.5 Å². The lowest BCUT2D eigenvalue weighted by Gasteiger charge is -2.34. The maximum Gasteiger partial charge on any atom is 0.289 e. The van der Waals surface area contributed by atoms with E-state index in [4.69, 9.17) is 30.2 Å². The first kappa shape index (κ1) is 26.4. The number of rotatable bonds is 8. The number of piperazine rings is 1. The molecule has 2 saturated heterocycles. The van der Waals surface area contributed by atoms with Gasteiger partial charge < -0.3 is 28.8 Å². The molecule has 1 amide bonds. The summed E-state index contributed by atoms with van der Waals surface area (Å²) in [4.78, 5) is 17.3. The van der Waals surface area contributed by atoms with Gasteiger partial charge in [0.2, 0.25) is 0 Å². The van der Waals surface area contributed by atoms with Gasteiger partial charge in [-0.1, -0.05) is 17.7 Å². The Morgan fingerprint density at radius 1 is 0.947 bits per heavy atom. The molecule has 2 fully saturated rings. The molecule has 1 aromatic heterocycles. The van der Waals surface area contributed by atoms with E-state index in [1.807, 2.05) is 41.3 Å². The first-order valence-electron chi connectivity index (χ1n) is 13.0. The van der Waals surface area contributed by atoms with Gasteiger partial charge in [0.25, 0.3) is 5.91 Å². The Labute approximate surface area is 228 Å². The van der Waals surface area contributed by atoms with E-state index in [9.17, 15) is 4.79 Å². The van der Waals surface area contributed by atoms with Gasteiger partial charge in [0.1, 0.15) is 17.6 Å². The Morgan fingerprint density at radius 2 is 1.68 bits per heavy atom. The number of hydrogen-bond acceptors (Lipinski definition) is 7. The average Bonchev–Trinajstić information content (AvgIpc) is 3.45. The zero-order chi connectivity index (χ0) is 26.5. The van der Waals surface area contributed by atoms with Crippen LogP contribution in [0, 0.1) is 0 Å². The third kappa shape index (κ3) is 6.09. The normalized spacial score (nSPS) is 16.9. The summed E-state index contributed by atoms with van der Waals surface area (Å²) < 4.78 is 22.7. The van der Waals surface area contributed by atoms with Crippen molar-refractivity contribution in [3.63, 3.8) is 0 Å². The van der Waals surface area contributed by atoms with Crippen molar-refractivity contribution in [3.05, 3.63) is 64.9 Å². The van der Waals surface area contributed by atoms with Crippen molar-refractivity contribution in [1.29, 1.82) is 0 Å². The topological polar surface area (TPSA) is 76.4 Å². The lowest BCUT2D eigenvalue weighted by Crippen LogP contribution is -2.48. The van der Waals surface area contributed by atoms with Crippen molar-refractivity contribution in [3.8, 4) is 28.6 Å². The van der Waals surface area contributed by atoms with E-state index in [0.717, 1.165) is 62.4 Å². The summed E-state index contributed by atoms with van der Waals surface area (Å²) >= 11 is 6.54. The lowest BCUT2D eigenvalue weighted by molar-refractivity contribution is 0.0598. The van der Waals surface area contributed by atoms with Crippen LogP contribution in [0.15, 0.2) is 52.9 Å². The number of piperidine rings is 1. The van der Waals surface area contributed by atoms with Gasteiger partial charge in [-0.05, 0) is 74.0 Å². The first-order valence-corrected chi connectivity index (χ1v) is 13.4. The van der Waals surface area contributed by atoms with Gasteiger partial charge in [0.15, 0.2) is 17.3 Å². The third-order valence-electron chi connectivity index (χ3n) is 7.13. The SMILES string of the molecule is COc1ccc(-c2ccc(C(=O)N3CCN(Cc4ccc(OC5CCNCC5)c(Cl)c4)CC3)o2)cc1OC. The highest BCUT2D eigenvalue weighted by atomic mass is 35.5. The number of furan rings is 1. The Balaban J connectivity index is 1.14. The molecule has 0 unspecified atom stereocenters. The molecular weight excluding hydrogens is 506 g/mol. The molecule has 0 aliphatic carbocycles. The Kier molecular flexibility index (Phi) is 8.42. The number of amides is 1. The Bertz CT molecular complexity index is 1250. The summed E-state index contributed by atoms with van der Waals surface area (Å²) in [5, 5.41) is 4.00. The summed E-state index contributed by atoms with van der Waals surface area (Å²) in [6.45, 7) is 5.56. The average molecular weight is 540 g/mol. The molecule has 0 radical (unpaired) electrons. The second-order valence-electron chi connectivity index (χ2n) is 9.63. The molecule has 0 atom stereocenters. The highest BCUT2D eigenvalue weighted by Crippen LogP contribution is 2.33. The minimum Gasteiger partial charge on any atom is -0.493 e. The number of nitrogens with one attached hydrogen (secondary N) is 1. The number of ether oxygens (including phenoxy) is 3. The first-order chi connectivity index (χ1) is 18.5. The number of carbonyl (C=O) groups excluding carboxylic acids is 1. The quantitative estimate of drug-likeness (QED) is 0.444. The summed E-state index contributed by atoms with van der Waals surface area (Å²) in [5.41, 5.74) is 1.95. The van der Waals surface area contributed by atoms with Crippen molar-refractivity contribution < 1.29 is 23.4 Å². The second-order valence-corrected chi connectivity index (χ2v) is 10.0. The van der Waals surface area contributed by atoms with Crippen LogP contribution < -0.4 is 19.5 Å². The highest BCUT2D eigenvalue weighted by Gasteiger charge is 2.25. The number of halogens is 1. The molecule has 0 bridgehead atoms. The molecule has 3 heterocycles. The predicted molar refractivity (Wildman–Crippen MR) is 146 cm³/mol. The zero-order valence-corrected chi connectivity index (χ0v) is 22.6. The van der Waals surface area contributed by atoms with Crippen LogP contribution in [0.1, 0.15) is 29.0 Å². The van der Waals surface area contributed by atoms with Crippen LogP contribution in [0.5, 0.6) is 17.2 Å². The minimum atomic E-state index is -0.0983. The predicted octanol–water partition coefficient (Wildman–Crippen LogP) is 4.71. The summed E-state index contributed by atoms with van der Waals surface area (Å²) in [7, 11) is 3.18. The molecule has 38 heavy (non-hydrogen) atoms. The molecule has 3 aromatic rings. The molecule has 1 N–H and O–H groups in total. The molecule has 2 aliphatic heterocycles. The molecule has 8 nitrogen and oxygen atoms in total. The van der Waals surface area contributed by atoms with E-state index in [1.54, 1.807) is 20.3 Å². The monoisotopic (exact) mass is 539 g/mol. The smallest absolute Gasteiger partial charge is 0.289 e. The van der Waals surface area contributed by atoms with E-state index in [-0.39, 0.29) is 12.0 Å². The van der Waals surface area contributed by atoms with E-state index >= 15 is 0 Å². The van der Waals surface area contributed by atoms with Crippen LogP contribution in [0.4, 0.5) is 0 Å². The maximum absolute atomic E-state index is 13.1. The molecule has 0 spiro atoms. The van der Waals surface area contributed by atoms with Crippen LogP contribution in [0.3, 0.4) is 0 Å². The molecular formula is C29H34ClN3O5. The highest BCUT2D eigenvalue weighted by molar-refractivity contribution is 6.32. The van der Waals surface area contributed by atoms with Crippen molar-refractivity contribution in [2.45, 2.75) is 25.5 Å². The largest absolute Gasteiger partial charge is 0.493 e. The molecule has 0 saturated carbocycles. The number of nitrogens with zero attached hydrogens (tertiary/aromatic N) is 2. The van der Waals surface area contributed by atoms with Gasteiger partial charge >= 0.3 is 0 Å². The van der Waals surface area contributed by atoms with Crippen LogP contribution in [0.25, 0.3) is 11.3 Å². The molecule has 2 aromatic carbocycles. The molecule has 9 heteroatoms. The van der Waals surface area contributed by atoms with Gasteiger partial charge in [-0.3, -0.25) is 9.69 Å². The summed E-state index contributed by atoms with van der Waals surface area (Å²) in [6, 6.07) is 15.1. The van der Waals surface area contributed by atoms with E-state index in [1.165, 1.54) is 0 Å². The maximum atomic E-state index is 13.1. The lowest BCUT2D eigenvalue weighted by atomic mass is 10.1. The number of benzene rings is 2. The number of hydrogen-bond donors (Lipinski definition) is 1. The van der Waals surface area contributed by atoms with Crippen molar-refractivity contribution in [2.24, 2.45) is 0 Å². The van der Waals surface area contributed by atoms with E-state index < -0.39 is 0 Å². The number of carbonyl (C=O) groups is 1. The standard InChI is InChI=1S/C29H34ClN3O5/c1-35-26-6-4-21(18-28(26)36-2)24-7-8-27(38-24)29(34)33-15-13-32(14-16-33)19-20-3-5-25(23(30)17-20)37-22-9-11-31-12-10-22/h3-8,17-18,22,31H,9-16,19H2,1-2H3. The van der Waals surface area contributed by atoms with Gasteiger partial charge in [-0.15, -0.1) is 0 Å².